The standard InChI is InChI=1S/C25H18F2N2O4/c1-13-8-14-4-2-3-5-21(14)29(13)22(30)12-33-25(32)19-11-16(27)10-18-23(19)28-20-7-6-15(26)9-17(20)24(18)31/h2-7,9-11,13H,8,12H2,1H3,(H,28,31). The molecule has 1 N–H and O–H groups in total. The molecule has 8 heteroatoms. The minimum atomic E-state index is -0.954. The zero-order chi connectivity index (χ0) is 23.3. The van der Waals surface area contributed by atoms with E-state index >= 15 is 0 Å². The number of amides is 1. The molecule has 1 aliphatic heterocycles. The zero-order valence-electron chi connectivity index (χ0n) is 17.5. The maximum absolute atomic E-state index is 14.3. The van der Waals surface area contributed by atoms with Crippen molar-refractivity contribution in [2.45, 2.75) is 19.4 Å². The van der Waals surface area contributed by atoms with Crippen molar-refractivity contribution in [1.82, 2.24) is 4.98 Å². The predicted octanol–water partition coefficient (Wildman–Crippen LogP) is 4.09. The number of carbonyl (C=O) groups excluding carboxylic acids is 2. The van der Waals surface area contributed by atoms with Gasteiger partial charge < -0.3 is 14.6 Å². The Labute approximate surface area is 186 Å². The highest BCUT2D eigenvalue weighted by atomic mass is 19.1. The number of anilines is 1. The normalized spacial score (nSPS) is 15.1. The van der Waals surface area contributed by atoms with Gasteiger partial charge in [0.15, 0.2) is 12.0 Å². The molecule has 2 heterocycles. The Balaban J connectivity index is 1.46. The summed E-state index contributed by atoms with van der Waals surface area (Å²) in [4.78, 5) is 42.9. The molecule has 166 valence electrons. The second kappa shape index (κ2) is 7.81. The first kappa shape index (κ1) is 20.8. The number of pyridine rings is 1. The van der Waals surface area contributed by atoms with E-state index < -0.39 is 35.5 Å². The number of aromatic amines is 1. The number of ether oxygens (including phenoxy) is 1. The van der Waals surface area contributed by atoms with E-state index in [-0.39, 0.29) is 33.4 Å². The lowest BCUT2D eigenvalue weighted by Crippen LogP contribution is -2.38. The average molecular weight is 448 g/mol. The van der Waals surface area contributed by atoms with E-state index in [0.29, 0.717) is 6.42 Å². The molecule has 4 aromatic rings. The van der Waals surface area contributed by atoms with Gasteiger partial charge in [-0.2, -0.15) is 0 Å². The van der Waals surface area contributed by atoms with Gasteiger partial charge in [0, 0.05) is 28.0 Å². The van der Waals surface area contributed by atoms with Crippen LogP contribution in [0.1, 0.15) is 22.8 Å². The summed E-state index contributed by atoms with van der Waals surface area (Å²) in [5.41, 5.74) is 1.29. The van der Waals surface area contributed by atoms with E-state index in [1.54, 1.807) is 4.90 Å². The number of benzene rings is 3. The van der Waals surface area contributed by atoms with Gasteiger partial charge in [-0.3, -0.25) is 9.59 Å². The number of halogens is 2. The minimum absolute atomic E-state index is 0.0317. The van der Waals surface area contributed by atoms with Crippen molar-refractivity contribution in [3.05, 3.63) is 87.6 Å². The molecule has 0 saturated carbocycles. The van der Waals surface area contributed by atoms with Crippen LogP contribution >= 0.6 is 0 Å². The summed E-state index contributed by atoms with van der Waals surface area (Å²) in [5.74, 6) is -2.80. The quantitative estimate of drug-likeness (QED) is 0.378. The Morgan fingerprint density at radius 3 is 2.64 bits per heavy atom. The van der Waals surface area contributed by atoms with Gasteiger partial charge in [-0.25, -0.2) is 13.6 Å². The fourth-order valence-electron chi connectivity index (χ4n) is 4.39. The third-order valence-electron chi connectivity index (χ3n) is 5.86. The first-order valence-electron chi connectivity index (χ1n) is 10.4. The number of H-pyrrole nitrogens is 1. The van der Waals surface area contributed by atoms with Crippen molar-refractivity contribution >= 4 is 39.4 Å². The van der Waals surface area contributed by atoms with Gasteiger partial charge in [-0.15, -0.1) is 0 Å². The van der Waals surface area contributed by atoms with E-state index in [1.807, 2.05) is 31.2 Å². The monoisotopic (exact) mass is 448 g/mol. The molecule has 33 heavy (non-hydrogen) atoms. The maximum Gasteiger partial charge on any atom is 0.340 e. The molecule has 0 bridgehead atoms. The van der Waals surface area contributed by atoms with Gasteiger partial charge in [0.1, 0.15) is 11.6 Å². The molecular weight excluding hydrogens is 430 g/mol. The summed E-state index contributed by atoms with van der Waals surface area (Å²) in [6, 6.07) is 12.9. The molecule has 3 aromatic carbocycles. The van der Waals surface area contributed by atoms with Crippen LogP contribution in [0.25, 0.3) is 21.8 Å². The molecule has 0 spiro atoms. The SMILES string of the molecule is CC1Cc2ccccc2N1C(=O)COC(=O)c1cc(F)cc2c(=O)c3cc(F)ccc3[nH]c12. The Hall–Kier alpha value is -4.07. The number of nitrogens with one attached hydrogen (secondary N) is 1. The van der Waals surface area contributed by atoms with Crippen LogP contribution in [0.2, 0.25) is 0 Å². The Morgan fingerprint density at radius 1 is 1.06 bits per heavy atom. The number of rotatable bonds is 3. The van der Waals surface area contributed by atoms with E-state index in [1.165, 1.54) is 12.1 Å². The summed E-state index contributed by atoms with van der Waals surface area (Å²) in [6.07, 6.45) is 0.694. The fraction of sp³-hybridized carbons (Fsp3) is 0.160. The number of carbonyl (C=O) groups is 2. The van der Waals surface area contributed by atoms with Crippen molar-refractivity contribution < 1.29 is 23.1 Å². The van der Waals surface area contributed by atoms with Crippen molar-refractivity contribution in [2.24, 2.45) is 0 Å². The average Bonchev–Trinajstić information content (AvgIpc) is 3.13. The first-order valence-corrected chi connectivity index (χ1v) is 10.4. The van der Waals surface area contributed by atoms with Crippen molar-refractivity contribution in [2.75, 3.05) is 11.5 Å². The molecule has 0 aliphatic carbocycles. The molecule has 1 aliphatic rings. The Kier molecular flexibility index (Phi) is 4.92. The molecule has 1 atom stereocenters. The van der Waals surface area contributed by atoms with Crippen LogP contribution in [0.3, 0.4) is 0 Å². The second-order valence-corrected chi connectivity index (χ2v) is 8.04. The van der Waals surface area contributed by atoms with Gasteiger partial charge in [0.05, 0.1) is 11.1 Å². The molecule has 0 saturated heterocycles. The first-order chi connectivity index (χ1) is 15.8. The van der Waals surface area contributed by atoms with Crippen molar-refractivity contribution in [3.63, 3.8) is 0 Å². The maximum atomic E-state index is 14.3. The fourth-order valence-corrected chi connectivity index (χ4v) is 4.39. The molecular formula is C25H18F2N2O4. The van der Waals surface area contributed by atoms with E-state index in [9.17, 15) is 23.2 Å². The molecule has 1 unspecified atom stereocenters. The lowest BCUT2D eigenvalue weighted by molar-refractivity contribution is -0.122. The van der Waals surface area contributed by atoms with Crippen LogP contribution in [0.5, 0.6) is 0 Å². The van der Waals surface area contributed by atoms with Crippen LogP contribution in [0.15, 0.2) is 59.4 Å². The molecule has 5 rings (SSSR count). The number of para-hydroxylation sites is 1. The van der Waals surface area contributed by atoms with Gasteiger partial charge in [-0.05, 0) is 55.3 Å². The third kappa shape index (κ3) is 3.53. The summed E-state index contributed by atoms with van der Waals surface area (Å²) < 4.78 is 33.1. The van der Waals surface area contributed by atoms with Crippen molar-refractivity contribution in [1.29, 1.82) is 0 Å². The van der Waals surface area contributed by atoms with Crippen LogP contribution in [-0.4, -0.2) is 29.5 Å². The number of fused-ring (bicyclic) bond motifs is 3. The molecule has 1 amide bonds. The molecule has 1 aromatic heterocycles. The molecule has 0 radical (unpaired) electrons. The predicted molar refractivity (Wildman–Crippen MR) is 119 cm³/mol. The second-order valence-electron chi connectivity index (χ2n) is 8.04. The van der Waals surface area contributed by atoms with Crippen LogP contribution < -0.4 is 10.3 Å². The number of nitrogens with zero attached hydrogens (tertiary/aromatic N) is 1. The smallest absolute Gasteiger partial charge is 0.340 e. The number of hydrogen-bond acceptors (Lipinski definition) is 4. The number of aromatic nitrogens is 1. The summed E-state index contributed by atoms with van der Waals surface area (Å²) in [5, 5.41) is -0.0854. The van der Waals surface area contributed by atoms with Gasteiger partial charge in [0.2, 0.25) is 0 Å². The largest absolute Gasteiger partial charge is 0.452 e. The topological polar surface area (TPSA) is 79.5 Å². The summed E-state index contributed by atoms with van der Waals surface area (Å²) in [7, 11) is 0. The van der Waals surface area contributed by atoms with Gasteiger partial charge in [0.25, 0.3) is 5.91 Å². The lowest BCUT2D eigenvalue weighted by atomic mass is 10.1. The van der Waals surface area contributed by atoms with Gasteiger partial charge >= 0.3 is 5.97 Å². The minimum Gasteiger partial charge on any atom is -0.452 e. The lowest BCUT2D eigenvalue weighted by Gasteiger charge is -2.22. The Morgan fingerprint density at radius 2 is 1.82 bits per heavy atom. The Bertz CT molecular complexity index is 1510. The summed E-state index contributed by atoms with van der Waals surface area (Å²) >= 11 is 0. The highest BCUT2D eigenvalue weighted by Gasteiger charge is 2.31. The van der Waals surface area contributed by atoms with E-state index in [2.05, 4.69) is 4.98 Å². The summed E-state index contributed by atoms with van der Waals surface area (Å²) in [6.45, 7) is 1.36. The zero-order valence-corrected chi connectivity index (χ0v) is 17.5. The van der Waals surface area contributed by atoms with Crippen LogP contribution in [-0.2, 0) is 16.0 Å². The molecule has 6 nitrogen and oxygen atoms in total. The number of hydrogen-bond donors (Lipinski definition) is 1. The van der Waals surface area contributed by atoms with E-state index in [0.717, 1.165) is 29.4 Å². The van der Waals surface area contributed by atoms with Gasteiger partial charge in [-0.1, -0.05) is 18.2 Å². The highest BCUT2D eigenvalue weighted by Crippen LogP contribution is 2.32. The third-order valence-corrected chi connectivity index (χ3v) is 5.86. The van der Waals surface area contributed by atoms with Crippen molar-refractivity contribution in [3.8, 4) is 0 Å². The number of esters is 1. The molecule has 0 fully saturated rings. The highest BCUT2D eigenvalue weighted by molar-refractivity contribution is 6.06. The van der Waals surface area contributed by atoms with E-state index in [4.69, 9.17) is 4.74 Å². The van der Waals surface area contributed by atoms with Crippen LogP contribution in [0, 0.1) is 11.6 Å². The van der Waals surface area contributed by atoms with Crippen LogP contribution in [0.4, 0.5) is 14.5 Å².